The fourth-order valence-electron chi connectivity index (χ4n) is 1.41. The zero-order valence-corrected chi connectivity index (χ0v) is 9.77. The van der Waals surface area contributed by atoms with E-state index in [1.165, 1.54) is 0 Å². The molecule has 1 heterocycles. The number of aliphatic hydroxyl groups excluding tert-OH is 1. The van der Waals surface area contributed by atoms with Gasteiger partial charge < -0.3 is 5.11 Å². The number of aryl methyl sites for hydroxylation is 1. The summed E-state index contributed by atoms with van der Waals surface area (Å²) >= 11 is 0. The second-order valence-corrected chi connectivity index (χ2v) is 4.07. The van der Waals surface area contributed by atoms with Gasteiger partial charge in [0, 0.05) is 18.3 Å². The predicted octanol–water partition coefficient (Wildman–Crippen LogP) is 2.32. The molecule has 0 spiro atoms. The Kier molecular flexibility index (Phi) is 4.56. The summed E-state index contributed by atoms with van der Waals surface area (Å²) in [5, 5.41) is 13.4. The highest BCUT2D eigenvalue weighted by atomic mass is 16.3. The lowest BCUT2D eigenvalue weighted by Gasteiger charge is -2.06. The molecule has 15 heavy (non-hydrogen) atoms. The third kappa shape index (κ3) is 3.51. The molecule has 3 nitrogen and oxygen atoms in total. The molecule has 0 aromatic carbocycles. The first kappa shape index (κ1) is 12.0. The highest BCUT2D eigenvalue weighted by Gasteiger charge is 2.02. The third-order valence-corrected chi connectivity index (χ3v) is 2.38. The summed E-state index contributed by atoms with van der Waals surface area (Å²) in [4.78, 5) is 0. The van der Waals surface area contributed by atoms with Crippen molar-refractivity contribution in [2.24, 2.45) is 5.92 Å². The molecule has 0 aliphatic heterocycles. The van der Waals surface area contributed by atoms with Gasteiger partial charge in [-0.3, -0.25) is 4.68 Å². The molecule has 0 saturated heterocycles. The van der Waals surface area contributed by atoms with E-state index in [9.17, 15) is 5.11 Å². The van der Waals surface area contributed by atoms with Gasteiger partial charge in [-0.25, -0.2) is 0 Å². The zero-order chi connectivity index (χ0) is 11.3. The van der Waals surface area contributed by atoms with Crippen LogP contribution in [0.4, 0.5) is 0 Å². The van der Waals surface area contributed by atoms with Crippen LogP contribution < -0.4 is 0 Å². The molecule has 0 aliphatic carbocycles. The van der Waals surface area contributed by atoms with Crippen LogP contribution in [0.25, 0.3) is 6.08 Å². The van der Waals surface area contributed by atoms with E-state index in [0.717, 1.165) is 24.1 Å². The van der Waals surface area contributed by atoms with Crippen LogP contribution in [0.2, 0.25) is 0 Å². The average Bonchev–Trinajstić information content (AvgIpc) is 2.62. The monoisotopic (exact) mass is 208 g/mol. The lowest BCUT2D eigenvalue weighted by atomic mass is 10.0. The van der Waals surface area contributed by atoms with Gasteiger partial charge >= 0.3 is 0 Å². The first-order valence-electron chi connectivity index (χ1n) is 5.51. The van der Waals surface area contributed by atoms with Gasteiger partial charge in [0.25, 0.3) is 0 Å². The van der Waals surface area contributed by atoms with E-state index in [1.54, 1.807) is 0 Å². The Labute approximate surface area is 91.4 Å². The molecule has 0 unspecified atom stereocenters. The van der Waals surface area contributed by atoms with Crippen molar-refractivity contribution in [3.8, 4) is 0 Å². The van der Waals surface area contributed by atoms with Gasteiger partial charge in [0.15, 0.2) is 0 Å². The second-order valence-electron chi connectivity index (χ2n) is 4.07. The van der Waals surface area contributed by atoms with Crippen LogP contribution in [-0.4, -0.2) is 21.5 Å². The lowest BCUT2D eigenvalue weighted by Crippen LogP contribution is -1.98. The molecule has 84 valence electrons. The predicted molar refractivity (Wildman–Crippen MR) is 62.4 cm³/mol. The number of hydrogen-bond donors (Lipinski definition) is 1. The molecule has 0 fully saturated rings. The molecule has 3 heteroatoms. The van der Waals surface area contributed by atoms with E-state index in [2.05, 4.69) is 25.9 Å². The van der Waals surface area contributed by atoms with Crippen LogP contribution in [-0.2, 0) is 6.54 Å². The standard InChI is InChI=1S/C12H20N2O/c1-4-5-14-8-11(7-13-14)6-12(9-15)10(2)3/h6-8,10,15H,4-5,9H2,1-3H3/b12-6-. The van der Waals surface area contributed by atoms with Gasteiger partial charge in [0.2, 0.25) is 0 Å². The first-order valence-corrected chi connectivity index (χ1v) is 5.51. The van der Waals surface area contributed by atoms with Crippen molar-refractivity contribution < 1.29 is 5.11 Å². The van der Waals surface area contributed by atoms with Crippen LogP contribution in [0.1, 0.15) is 32.8 Å². The summed E-state index contributed by atoms with van der Waals surface area (Å²) in [6, 6.07) is 0. The maximum atomic E-state index is 9.17. The summed E-state index contributed by atoms with van der Waals surface area (Å²) < 4.78 is 1.93. The van der Waals surface area contributed by atoms with Crippen LogP contribution in [0.5, 0.6) is 0 Å². The summed E-state index contributed by atoms with van der Waals surface area (Å²) in [5.41, 5.74) is 2.12. The molecule has 1 N–H and O–H groups in total. The minimum Gasteiger partial charge on any atom is -0.392 e. The quantitative estimate of drug-likeness (QED) is 0.806. The molecular weight excluding hydrogens is 188 g/mol. The van der Waals surface area contributed by atoms with E-state index in [0.29, 0.717) is 5.92 Å². The van der Waals surface area contributed by atoms with Gasteiger partial charge in [-0.15, -0.1) is 0 Å². The lowest BCUT2D eigenvalue weighted by molar-refractivity contribution is 0.320. The summed E-state index contributed by atoms with van der Waals surface area (Å²) in [7, 11) is 0. The van der Waals surface area contributed by atoms with Crippen LogP contribution in [0.3, 0.4) is 0 Å². The van der Waals surface area contributed by atoms with Crippen LogP contribution in [0, 0.1) is 5.92 Å². The van der Waals surface area contributed by atoms with Crippen molar-refractivity contribution in [3.63, 3.8) is 0 Å². The summed E-state index contributed by atoms with van der Waals surface area (Å²) in [6.45, 7) is 7.36. The maximum Gasteiger partial charge on any atom is 0.0647 e. The molecular formula is C12H20N2O. The number of aromatic nitrogens is 2. The smallest absolute Gasteiger partial charge is 0.0647 e. The molecule has 0 amide bonds. The van der Waals surface area contributed by atoms with E-state index >= 15 is 0 Å². The Morgan fingerprint density at radius 1 is 1.60 bits per heavy atom. The minimum absolute atomic E-state index is 0.122. The summed E-state index contributed by atoms with van der Waals surface area (Å²) in [6.07, 6.45) is 6.96. The molecule has 0 saturated carbocycles. The SMILES string of the molecule is CCCn1cc(/C=C(/CO)C(C)C)cn1. The second kappa shape index (κ2) is 5.71. The number of aliphatic hydroxyl groups is 1. The Bertz CT molecular complexity index is 326. The van der Waals surface area contributed by atoms with E-state index < -0.39 is 0 Å². The molecule has 1 aromatic heterocycles. The first-order chi connectivity index (χ1) is 7.17. The van der Waals surface area contributed by atoms with Gasteiger partial charge in [-0.05, 0) is 17.9 Å². The molecule has 0 bridgehead atoms. The van der Waals surface area contributed by atoms with Gasteiger partial charge in [0.1, 0.15) is 0 Å². The van der Waals surface area contributed by atoms with E-state index in [4.69, 9.17) is 0 Å². The van der Waals surface area contributed by atoms with E-state index in [1.807, 2.05) is 23.2 Å². The number of nitrogens with zero attached hydrogens (tertiary/aromatic N) is 2. The fourth-order valence-corrected chi connectivity index (χ4v) is 1.41. The average molecular weight is 208 g/mol. The zero-order valence-electron chi connectivity index (χ0n) is 9.77. The van der Waals surface area contributed by atoms with Crippen LogP contribution >= 0.6 is 0 Å². The number of rotatable bonds is 5. The van der Waals surface area contributed by atoms with Gasteiger partial charge in [-0.1, -0.05) is 26.8 Å². The minimum atomic E-state index is 0.122. The topological polar surface area (TPSA) is 38.0 Å². The fraction of sp³-hybridized carbons (Fsp3) is 0.583. The van der Waals surface area contributed by atoms with Crippen molar-refractivity contribution in [2.45, 2.75) is 33.7 Å². The molecule has 1 aromatic rings. The third-order valence-electron chi connectivity index (χ3n) is 2.38. The Morgan fingerprint density at radius 3 is 2.87 bits per heavy atom. The van der Waals surface area contributed by atoms with Crippen molar-refractivity contribution in [2.75, 3.05) is 6.61 Å². The summed E-state index contributed by atoms with van der Waals surface area (Å²) in [5.74, 6) is 0.379. The Balaban J connectivity index is 2.77. The normalized spacial score (nSPS) is 12.5. The Morgan fingerprint density at radius 2 is 2.33 bits per heavy atom. The van der Waals surface area contributed by atoms with Crippen LogP contribution in [0.15, 0.2) is 18.0 Å². The molecule has 0 atom stereocenters. The largest absolute Gasteiger partial charge is 0.392 e. The highest BCUT2D eigenvalue weighted by Crippen LogP contribution is 2.13. The molecule has 1 rings (SSSR count). The van der Waals surface area contributed by atoms with E-state index in [-0.39, 0.29) is 6.61 Å². The van der Waals surface area contributed by atoms with Crippen molar-refractivity contribution >= 4 is 6.08 Å². The highest BCUT2D eigenvalue weighted by molar-refractivity contribution is 5.51. The van der Waals surface area contributed by atoms with Crippen molar-refractivity contribution in [3.05, 3.63) is 23.5 Å². The van der Waals surface area contributed by atoms with Gasteiger partial charge in [0.05, 0.1) is 12.8 Å². The molecule has 0 radical (unpaired) electrons. The van der Waals surface area contributed by atoms with Gasteiger partial charge in [-0.2, -0.15) is 5.10 Å². The maximum absolute atomic E-state index is 9.17. The number of hydrogen-bond acceptors (Lipinski definition) is 2. The van der Waals surface area contributed by atoms with Crippen molar-refractivity contribution in [1.29, 1.82) is 0 Å². The molecule has 0 aliphatic rings. The Hall–Kier alpha value is -1.09. The van der Waals surface area contributed by atoms with Crippen molar-refractivity contribution in [1.82, 2.24) is 9.78 Å².